The first-order chi connectivity index (χ1) is 16.3. The van der Waals surface area contributed by atoms with Gasteiger partial charge in [-0.1, -0.05) is 19.9 Å². The SMILES string of the molecule is CCCN1c2cc(C)c(C=Nc3ccc(Oc4cccc(OC)c4)cc3)cc2C(C)CC1(C)C. The van der Waals surface area contributed by atoms with Gasteiger partial charge in [0.2, 0.25) is 0 Å². The van der Waals surface area contributed by atoms with Crippen LogP contribution in [0.15, 0.2) is 65.7 Å². The Morgan fingerprint density at radius 3 is 2.47 bits per heavy atom. The van der Waals surface area contributed by atoms with Gasteiger partial charge in [0.25, 0.3) is 0 Å². The van der Waals surface area contributed by atoms with Gasteiger partial charge in [-0.3, -0.25) is 4.99 Å². The number of rotatable bonds is 7. The largest absolute Gasteiger partial charge is 0.497 e. The molecule has 0 N–H and O–H groups in total. The Hall–Kier alpha value is -3.27. The zero-order chi connectivity index (χ0) is 24.3. The van der Waals surface area contributed by atoms with Crippen LogP contribution in [-0.2, 0) is 0 Å². The number of methoxy groups -OCH3 is 1. The number of benzene rings is 3. The average molecular weight is 457 g/mol. The Morgan fingerprint density at radius 1 is 1.03 bits per heavy atom. The predicted octanol–water partition coefficient (Wildman–Crippen LogP) is 8.05. The van der Waals surface area contributed by atoms with Crippen LogP contribution in [0.5, 0.6) is 17.2 Å². The van der Waals surface area contributed by atoms with Crippen molar-refractivity contribution in [3.8, 4) is 17.2 Å². The van der Waals surface area contributed by atoms with Gasteiger partial charge in [0.15, 0.2) is 0 Å². The number of hydrogen-bond donors (Lipinski definition) is 0. The summed E-state index contributed by atoms with van der Waals surface area (Å²) in [6.07, 6.45) is 4.30. The van der Waals surface area contributed by atoms with Gasteiger partial charge < -0.3 is 14.4 Å². The summed E-state index contributed by atoms with van der Waals surface area (Å²) in [5.41, 5.74) is 6.34. The molecule has 34 heavy (non-hydrogen) atoms. The normalized spacial score (nSPS) is 17.0. The Kier molecular flexibility index (Phi) is 6.97. The lowest BCUT2D eigenvalue weighted by Crippen LogP contribution is -2.48. The van der Waals surface area contributed by atoms with Crippen molar-refractivity contribution >= 4 is 17.6 Å². The molecule has 1 atom stereocenters. The van der Waals surface area contributed by atoms with Crippen LogP contribution in [-0.4, -0.2) is 25.4 Å². The lowest BCUT2D eigenvalue weighted by atomic mass is 9.79. The molecular formula is C30H36N2O2. The van der Waals surface area contributed by atoms with Crippen LogP contribution in [0.4, 0.5) is 11.4 Å². The topological polar surface area (TPSA) is 34.1 Å². The minimum atomic E-state index is 0.180. The molecule has 0 amide bonds. The third-order valence-corrected chi connectivity index (χ3v) is 6.69. The fourth-order valence-corrected chi connectivity index (χ4v) is 4.98. The molecule has 0 bridgehead atoms. The van der Waals surface area contributed by atoms with Gasteiger partial charge in [0, 0.05) is 30.1 Å². The van der Waals surface area contributed by atoms with E-state index in [1.54, 1.807) is 7.11 Å². The van der Waals surface area contributed by atoms with Gasteiger partial charge >= 0.3 is 0 Å². The van der Waals surface area contributed by atoms with E-state index in [4.69, 9.17) is 14.5 Å². The lowest BCUT2D eigenvalue weighted by molar-refractivity contribution is 0.376. The molecule has 1 aliphatic rings. The van der Waals surface area contributed by atoms with Gasteiger partial charge in [-0.15, -0.1) is 0 Å². The van der Waals surface area contributed by atoms with Crippen LogP contribution in [0, 0.1) is 6.92 Å². The molecule has 0 fully saturated rings. The summed E-state index contributed by atoms with van der Waals surface area (Å²) >= 11 is 0. The Labute approximate surface area is 204 Å². The van der Waals surface area contributed by atoms with Crippen LogP contribution in [0.3, 0.4) is 0 Å². The van der Waals surface area contributed by atoms with E-state index in [1.165, 1.54) is 22.4 Å². The second-order valence-corrected chi connectivity index (χ2v) is 9.87. The molecule has 0 spiro atoms. The third kappa shape index (κ3) is 5.11. The van der Waals surface area contributed by atoms with Crippen molar-refractivity contribution < 1.29 is 9.47 Å². The highest BCUT2D eigenvalue weighted by molar-refractivity contribution is 5.86. The Balaban J connectivity index is 1.53. The van der Waals surface area contributed by atoms with E-state index in [2.05, 4.69) is 51.7 Å². The van der Waals surface area contributed by atoms with Crippen LogP contribution < -0.4 is 14.4 Å². The monoisotopic (exact) mass is 456 g/mol. The zero-order valence-corrected chi connectivity index (χ0v) is 21.3. The summed E-state index contributed by atoms with van der Waals surface area (Å²) < 4.78 is 11.2. The summed E-state index contributed by atoms with van der Waals surface area (Å²) in [5, 5.41) is 0. The second-order valence-electron chi connectivity index (χ2n) is 9.87. The first kappa shape index (κ1) is 23.9. The van der Waals surface area contributed by atoms with Gasteiger partial charge in [0.1, 0.15) is 17.2 Å². The van der Waals surface area contributed by atoms with Crippen molar-refractivity contribution in [2.24, 2.45) is 4.99 Å². The molecule has 178 valence electrons. The van der Waals surface area contributed by atoms with Crippen LogP contribution in [0.25, 0.3) is 0 Å². The van der Waals surface area contributed by atoms with Crippen molar-refractivity contribution in [1.29, 1.82) is 0 Å². The van der Waals surface area contributed by atoms with Crippen LogP contribution in [0.2, 0.25) is 0 Å². The molecule has 0 aromatic heterocycles. The summed E-state index contributed by atoms with van der Waals surface area (Å²) in [7, 11) is 1.65. The average Bonchev–Trinajstić information content (AvgIpc) is 2.81. The van der Waals surface area contributed by atoms with Crippen molar-refractivity contribution in [1.82, 2.24) is 0 Å². The van der Waals surface area contributed by atoms with E-state index in [1.807, 2.05) is 54.7 Å². The molecule has 0 aliphatic carbocycles. The fraction of sp³-hybridized carbons (Fsp3) is 0.367. The highest BCUT2D eigenvalue weighted by Gasteiger charge is 2.36. The van der Waals surface area contributed by atoms with E-state index in [0.29, 0.717) is 5.92 Å². The van der Waals surface area contributed by atoms with E-state index >= 15 is 0 Å². The summed E-state index contributed by atoms with van der Waals surface area (Å²) in [6.45, 7) is 12.6. The number of hydrogen-bond acceptors (Lipinski definition) is 4. The number of ether oxygens (including phenoxy) is 2. The molecule has 0 saturated heterocycles. The van der Waals surface area contributed by atoms with Crippen molar-refractivity contribution in [3.63, 3.8) is 0 Å². The van der Waals surface area contributed by atoms with Gasteiger partial charge in [-0.25, -0.2) is 0 Å². The smallest absolute Gasteiger partial charge is 0.131 e. The minimum absolute atomic E-state index is 0.180. The number of nitrogens with zero attached hydrogens (tertiary/aromatic N) is 2. The molecule has 4 nitrogen and oxygen atoms in total. The lowest BCUT2D eigenvalue weighted by Gasteiger charge is -2.48. The Morgan fingerprint density at radius 2 is 1.76 bits per heavy atom. The molecule has 1 heterocycles. The summed E-state index contributed by atoms with van der Waals surface area (Å²) in [6, 6.07) is 20.1. The van der Waals surface area contributed by atoms with Crippen LogP contribution >= 0.6 is 0 Å². The van der Waals surface area contributed by atoms with Crippen LogP contribution in [0.1, 0.15) is 63.1 Å². The van der Waals surface area contributed by atoms with E-state index in [0.717, 1.165) is 42.3 Å². The van der Waals surface area contributed by atoms with E-state index in [-0.39, 0.29) is 5.54 Å². The molecule has 0 radical (unpaired) electrons. The number of aryl methyl sites for hydroxylation is 1. The maximum absolute atomic E-state index is 5.94. The number of anilines is 1. The van der Waals surface area contributed by atoms with Crippen molar-refractivity contribution in [2.45, 2.75) is 58.9 Å². The van der Waals surface area contributed by atoms with Crippen molar-refractivity contribution in [3.05, 3.63) is 77.4 Å². The zero-order valence-electron chi connectivity index (χ0n) is 21.3. The fourth-order valence-electron chi connectivity index (χ4n) is 4.98. The molecule has 3 aromatic carbocycles. The molecule has 4 rings (SSSR count). The molecule has 3 aromatic rings. The Bertz CT molecular complexity index is 1160. The number of fused-ring (bicyclic) bond motifs is 1. The summed E-state index contributed by atoms with van der Waals surface area (Å²) in [5.74, 6) is 2.81. The minimum Gasteiger partial charge on any atom is -0.497 e. The predicted molar refractivity (Wildman–Crippen MR) is 143 cm³/mol. The number of aliphatic imine (C=N–C) groups is 1. The van der Waals surface area contributed by atoms with E-state index < -0.39 is 0 Å². The molecular weight excluding hydrogens is 420 g/mol. The van der Waals surface area contributed by atoms with Crippen molar-refractivity contribution in [2.75, 3.05) is 18.6 Å². The molecule has 4 heteroatoms. The molecule has 1 unspecified atom stereocenters. The summed E-state index contributed by atoms with van der Waals surface area (Å²) in [4.78, 5) is 7.35. The van der Waals surface area contributed by atoms with E-state index in [9.17, 15) is 0 Å². The third-order valence-electron chi connectivity index (χ3n) is 6.69. The second kappa shape index (κ2) is 9.92. The first-order valence-corrected chi connectivity index (χ1v) is 12.2. The highest BCUT2D eigenvalue weighted by atomic mass is 16.5. The standard InChI is InChI=1S/C30H36N2O2/c1-7-15-32-29-16-21(2)23(17-28(29)22(3)19-30(32,4)5)20-31-24-11-13-25(14-12-24)34-27-10-8-9-26(18-27)33-6/h8-14,16-18,20,22H,7,15,19H2,1-6H3. The molecule has 0 saturated carbocycles. The highest BCUT2D eigenvalue weighted by Crippen LogP contribution is 2.44. The maximum Gasteiger partial charge on any atom is 0.131 e. The van der Waals surface area contributed by atoms with Gasteiger partial charge in [-0.2, -0.15) is 0 Å². The molecule has 1 aliphatic heterocycles. The maximum atomic E-state index is 5.94. The van der Waals surface area contributed by atoms with Gasteiger partial charge in [-0.05, 0) is 105 Å². The quantitative estimate of drug-likeness (QED) is 0.337. The van der Waals surface area contributed by atoms with Gasteiger partial charge in [0.05, 0.1) is 12.8 Å². The first-order valence-electron chi connectivity index (χ1n) is 12.2.